The third kappa shape index (κ3) is 6.90. The Labute approximate surface area is 308 Å². The molecule has 1 aliphatic heterocycles. The van der Waals surface area contributed by atoms with E-state index in [1.165, 1.54) is 102 Å². The van der Waals surface area contributed by atoms with Crippen molar-refractivity contribution in [1.29, 1.82) is 10.5 Å². The summed E-state index contributed by atoms with van der Waals surface area (Å²) in [7, 11) is 0. The fourth-order valence-electron chi connectivity index (χ4n) is 12.9. The molecule has 0 amide bonds. The summed E-state index contributed by atoms with van der Waals surface area (Å²) in [6.45, 7) is 0. The van der Waals surface area contributed by atoms with Crippen LogP contribution in [0.1, 0.15) is 128 Å². The lowest BCUT2D eigenvalue weighted by Crippen LogP contribution is -2.30. The van der Waals surface area contributed by atoms with Crippen molar-refractivity contribution < 1.29 is 4.74 Å². The number of allylic oxidation sites excluding steroid dienone is 11. The van der Waals surface area contributed by atoms with Gasteiger partial charge in [-0.3, -0.25) is 0 Å². The highest BCUT2D eigenvalue weighted by Gasteiger charge is 2.52. The molecule has 4 nitrogen and oxygen atoms in total. The first kappa shape index (κ1) is 34.0. The maximum atomic E-state index is 9.50. The summed E-state index contributed by atoms with van der Waals surface area (Å²) in [4.78, 5) is 2.74. The van der Waals surface area contributed by atoms with Gasteiger partial charge < -0.3 is 9.64 Å². The topological polar surface area (TPSA) is 60.1 Å². The number of ether oxygens (including phenoxy) is 1. The van der Waals surface area contributed by atoms with Crippen LogP contribution in [0.4, 0.5) is 0 Å². The molecule has 51 heavy (non-hydrogen) atoms. The fourth-order valence-corrected chi connectivity index (χ4v) is 12.9. The van der Waals surface area contributed by atoms with Crippen molar-refractivity contribution in [3.05, 3.63) is 71.3 Å². The number of fused-ring (bicyclic) bond motifs is 4. The first-order chi connectivity index (χ1) is 25.1. The van der Waals surface area contributed by atoms with Gasteiger partial charge in [0.1, 0.15) is 0 Å². The zero-order valence-corrected chi connectivity index (χ0v) is 31.0. The number of hydrogen-bond acceptors (Lipinski definition) is 4. The highest BCUT2D eigenvalue weighted by Crippen LogP contribution is 2.54. The van der Waals surface area contributed by atoms with Crippen LogP contribution in [0.3, 0.4) is 0 Å². The molecule has 13 atom stereocenters. The lowest BCUT2D eigenvalue weighted by atomic mass is 9.67. The van der Waals surface area contributed by atoms with E-state index in [0.717, 1.165) is 67.6 Å². The molecule has 0 aromatic heterocycles. The molecule has 0 spiro atoms. The predicted molar refractivity (Wildman–Crippen MR) is 203 cm³/mol. The summed E-state index contributed by atoms with van der Waals surface area (Å²) in [5, 5.41) is 19.0. The van der Waals surface area contributed by atoms with Crippen LogP contribution in [0.5, 0.6) is 0 Å². The predicted octanol–water partition coefficient (Wildman–Crippen LogP) is 11.5. The second kappa shape index (κ2) is 14.9. The smallest absolute Gasteiger partial charge is 0.0656 e. The van der Waals surface area contributed by atoms with E-state index in [4.69, 9.17) is 4.74 Å². The molecule has 0 bridgehead atoms. The number of rotatable bonds is 6. The standard InChI is InChI=1S/C47H61N3O/c48-29-31-6-8-39-26-38(10-9-37(39)24-31)35-13-19-42(20-14-35)50(41-17-11-34(12-18-41)33-4-2-1-3-5-33)43-21-15-36(16-22-43)40-27-45-44-23-7-32(30-49)25-46(44)51-47(45)28-40/h1-2,13,17,19-21,26,31-37,39-40,44-47H,3-12,14-16,18,22-25,27-28H2. The SMILES string of the molecule is N#CC1CCC2C=C(C3C=CC(N(C4=CCC(C5CC=CCC5)CC4)C4=CCC(C5CC6OC7CC(C#N)CCC7C6C5)CC4)=CC3)CCC2C1. The Hall–Kier alpha value is -2.82. The molecule has 1 heterocycles. The maximum Gasteiger partial charge on any atom is 0.0656 e. The highest BCUT2D eigenvalue weighted by molar-refractivity contribution is 5.36. The largest absolute Gasteiger partial charge is 0.374 e. The second-order valence-electron chi connectivity index (χ2n) is 18.4. The molecule has 0 aromatic carbocycles. The molecule has 4 heteroatoms. The van der Waals surface area contributed by atoms with Crippen LogP contribution in [-0.2, 0) is 4.74 Å². The van der Waals surface area contributed by atoms with Crippen LogP contribution in [0.2, 0.25) is 0 Å². The normalized spacial score (nSPS) is 43.3. The lowest BCUT2D eigenvalue weighted by molar-refractivity contribution is 0.00365. The van der Waals surface area contributed by atoms with E-state index in [1.54, 1.807) is 17.0 Å². The number of nitrogens with zero attached hydrogens (tertiary/aromatic N) is 3. The average molecular weight is 684 g/mol. The monoisotopic (exact) mass is 683 g/mol. The quantitative estimate of drug-likeness (QED) is 0.261. The van der Waals surface area contributed by atoms with Crippen LogP contribution in [-0.4, -0.2) is 17.1 Å². The summed E-state index contributed by atoms with van der Waals surface area (Å²) in [6.07, 6.45) is 45.6. The summed E-state index contributed by atoms with van der Waals surface area (Å²) in [5.41, 5.74) is 6.21. The molecule has 13 unspecified atom stereocenters. The van der Waals surface area contributed by atoms with E-state index in [1.807, 2.05) is 0 Å². The van der Waals surface area contributed by atoms with Gasteiger partial charge in [-0.05, 0) is 182 Å². The van der Waals surface area contributed by atoms with Gasteiger partial charge in [-0.15, -0.1) is 0 Å². The molecule has 9 aliphatic rings. The zero-order chi connectivity index (χ0) is 34.3. The van der Waals surface area contributed by atoms with Crippen LogP contribution in [0, 0.1) is 87.8 Å². The Bertz CT molecular complexity index is 1580. The van der Waals surface area contributed by atoms with Gasteiger partial charge in [-0.2, -0.15) is 10.5 Å². The van der Waals surface area contributed by atoms with Crippen molar-refractivity contribution in [2.24, 2.45) is 65.1 Å². The van der Waals surface area contributed by atoms with E-state index < -0.39 is 0 Å². The second-order valence-corrected chi connectivity index (χ2v) is 18.4. The molecule has 0 aromatic rings. The lowest BCUT2D eigenvalue weighted by Gasteiger charge is -2.40. The molecule has 270 valence electrons. The van der Waals surface area contributed by atoms with Gasteiger partial charge in [-0.1, -0.05) is 48.1 Å². The minimum atomic E-state index is 0.216. The minimum absolute atomic E-state index is 0.216. The van der Waals surface area contributed by atoms with E-state index >= 15 is 0 Å². The first-order valence-electron chi connectivity index (χ1n) is 21.5. The van der Waals surface area contributed by atoms with E-state index in [9.17, 15) is 10.5 Å². The summed E-state index contributed by atoms with van der Waals surface area (Å²) < 4.78 is 6.68. The molecule has 8 aliphatic carbocycles. The molecular weight excluding hydrogens is 623 g/mol. The van der Waals surface area contributed by atoms with Crippen molar-refractivity contribution in [2.45, 2.75) is 141 Å². The van der Waals surface area contributed by atoms with Gasteiger partial charge >= 0.3 is 0 Å². The van der Waals surface area contributed by atoms with Crippen molar-refractivity contribution >= 4 is 0 Å². The van der Waals surface area contributed by atoms with Crippen LogP contribution in [0.25, 0.3) is 0 Å². The Morgan fingerprint density at radius 2 is 1.33 bits per heavy atom. The minimum Gasteiger partial charge on any atom is -0.374 e. The summed E-state index contributed by atoms with van der Waals surface area (Å²) in [6, 6.07) is 5.10. The van der Waals surface area contributed by atoms with Crippen LogP contribution >= 0.6 is 0 Å². The Kier molecular flexibility index (Phi) is 9.93. The van der Waals surface area contributed by atoms with Gasteiger partial charge in [-0.25, -0.2) is 0 Å². The van der Waals surface area contributed by atoms with Gasteiger partial charge in [0.15, 0.2) is 0 Å². The molecule has 0 radical (unpaired) electrons. The summed E-state index contributed by atoms with van der Waals surface area (Å²) >= 11 is 0. The summed E-state index contributed by atoms with van der Waals surface area (Å²) in [5.74, 6) is 7.21. The number of nitriles is 2. The third-order valence-corrected chi connectivity index (χ3v) is 15.9. The molecule has 3 saturated carbocycles. The Morgan fingerprint density at radius 3 is 2.04 bits per heavy atom. The Balaban J connectivity index is 0.886. The molecule has 0 N–H and O–H groups in total. The van der Waals surface area contributed by atoms with E-state index in [0.29, 0.717) is 30.0 Å². The van der Waals surface area contributed by atoms with Crippen molar-refractivity contribution in [3.63, 3.8) is 0 Å². The third-order valence-electron chi connectivity index (χ3n) is 15.9. The highest BCUT2D eigenvalue weighted by atomic mass is 16.5. The first-order valence-corrected chi connectivity index (χ1v) is 21.5. The molecule has 9 rings (SSSR count). The van der Waals surface area contributed by atoms with Gasteiger partial charge in [0, 0.05) is 34.8 Å². The van der Waals surface area contributed by atoms with Crippen molar-refractivity contribution in [3.8, 4) is 12.1 Å². The van der Waals surface area contributed by atoms with Crippen molar-refractivity contribution in [2.75, 3.05) is 0 Å². The molecule has 4 fully saturated rings. The zero-order valence-electron chi connectivity index (χ0n) is 31.0. The van der Waals surface area contributed by atoms with Crippen LogP contribution in [0.15, 0.2) is 71.3 Å². The van der Waals surface area contributed by atoms with E-state index in [-0.39, 0.29) is 11.8 Å². The average Bonchev–Trinajstić information content (AvgIpc) is 3.77. The Morgan fingerprint density at radius 1 is 0.608 bits per heavy atom. The number of hydrogen-bond donors (Lipinski definition) is 0. The maximum absolute atomic E-state index is 9.50. The molecule has 1 saturated heterocycles. The van der Waals surface area contributed by atoms with Gasteiger partial charge in [0.2, 0.25) is 0 Å². The van der Waals surface area contributed by atoms with Crippen LogP contribution < -0.4 is 0 Å². The fraction of sp³-hybridized carbons (Fsp3) is 0.702. The van der Waals surface area contributed by atoms with Gasteiger partial charge in [0.25, 0.3) is 0 Å². The van der Waals surface area contributed by atoms with Crippen molar-refractivity contribution in [1.82, 2.24) is 4.90 Å². The molecular formula is C47H61N3O. The van der Waals surface area contributed by atoms with E-state index in [2.05, 4.69) is 65.6 Å². The van der Waals surface area contributed by atoms with Gasteiger partial charge in [0.05, 0.1) is 24.3 Å².